The second-order valence-electron chi connectivity index (χ2n) is 5.40. The summed E-state index contributed by atoms with van der Waals surface area (Å²) in [5.41, 5.74) is 1.19. The molecular formula is C15H24N2. The monoisotopic (exact) mass is 232 g/mol. The Morgan fingerprint density at radius 2 is 2.18 bits per heavy atom. The first-order chi connectivity index (χ1) is 8.27. The van der Waals surface area contributed by atoms with E-state index in [1.165, 1.54) is 25.0 Å². The smallest absolute Gasteiger partial charge is 0.0416 e. The summed E-state index contributed by atoms with van der Waals surface area (Å²) in [6.45, 7) is 5.83. The molecule has 3 atom stereocenters. The topological polar surface area (TPSA) is 24.9 Å². The Balaban J connectivity index is 1.75. The van der Waals surface area contributed by atoms with Crippen LogP contribution in [0.15, 0.2) is 24.4 Å². The molecule has 1 aromatic heterocycles. The van der Waals surface area contributed by atoms with Crippen molar-refractivity contribution in [3.05, 3.63) is 30.1 Å². The van der Waals surface area contributed by atoms with Gasteiger partial charge in [0.25, 0.3) is 0 Å². The molecule has 1 aliphatic rings. The van der Waals surface area contributed by atoms with Crippen molar-refractivity contribution < 1.29 is 0 Å². The minimum Gasteiger partial charge on any atom is -0.313 e. The predicted octanol–water partition coefficient (Wildman–Crippen LogP) is 3.04. The quantitative estimate of drug-likeness (QED) is 0.863. The third-order valence-electron chi connectivity index (χ3n) is 4.22. The van der Waals surface area contributed by atoms with Crippen LogP contribution in [-0.4, -0.2) is 17.6 Å². The Bertz CT molecular complexity index is 323. The van der Waals surface area contributed by atoms with Gasteiger partial charge in [0.2, 0.25) is 0 Å². The first-order valence-electron chi connectivity index (χ1n) is 6.90. The predicted molar refractivity (Wildman–Crippen MR) is 71.9 cm³/mol. The van der Waals surface area contributed by atoms with Crippen LogP contribution in [-0.2, 0) is 6.42 Å². The average Bonchev–Trinajstić information content (AvgIpc) is 2.36. The molecular weight excluding hydrogens is 208 g/mol. The Labute approximate surface area is 105 Å². The summed E-state index contributed by atoms with van der Waals surface area (Å²) < 4.78 is 0. The zero-order valence-electron chi connectivity index (χ0n) is 11.0. The van der Waals surface area contributed by atoms with Gasteiger partial charge in [-0.3, -0.25) is 4.98 Å². The maximum absolute atomic E-state index is 4.36. The molecule has 2 rings (SSSR count). The standard InChI is InChI=1S/C15H24N2/c1-12-6-5-8-15(13(12)2)17-11-9-14-7-3-4-10-16-14/h3-4,7,10,12-13,15,17H,5-6,8-9,11H2,1-2H3. The molecule has 0 aromatic carbocycles. The van der Waals surface area contributed by atoms with E-state index >= 15 is 0 Å². The van der Waals surface area contributed by atoms with Crippen LogP contribution in [0.5, 0.6) is 0 Å². The molecule has 1 aromatic rings. The number of nitrogens with zero attached hydrogens (tertiary/aromatic N) is 1. The first-order valence-corrected chi connectivity index (χ1v) is 6.90. The molecule has 1 aliphatic carbocycles. The third-order valence-corrected chi connectivity index (χ3v) is 4.22. The highest BCUT2D eigenvalue weighted by Gasteiger charge is 2.26. The van der Waals surface area contributed by atoms with Gasteiger partial charge in [0.15, 0.2) is 0 Å². The minimum atomic E-state index is 0.711. The molecule has 2 nitrogen and oxygen atoms in total. The van der Waals surface area contributed by atoms with Crippen molar-refractivity contribution in [1.29, 1.82) is 0 Å². The van der Waals surface area contributed by atoms with E-state index in [4.69, 9.17) is 0 Å². The molecule has 1 N–H and O–H groups in total. The molecule has 0 bridgehead atoms. The highest BCUT2D eigenvalue weighted by atomic mass is 14.9. The van der Waals surface area contributed by atoms with Crippen LogP contribution in [0.4, 0.5) is 0 Å². The lowest BCUT2D eigenvalue weighted by atomic mass is 9.78. The Kier molecular flexibility index (Phi) is 4.55. The van der Waals surface area contributed by atoms with Crippen LogP contribution in [0, 0.1) is 11.8 Å². The zero-order valence-corrected chi connectivity index (χ0v) is 11.0. The minimum absolute atomic E-state index is 0.711. The van der Waals surface area contributed by atoms with E-state index < -0.39 is 0 Å². The molecule has 1 heterocycles. The van der Waals surface area contributed by atoms with Gasteiger partial charge in [-0.15, -0.1) is 0 Å². The fourth-order valence-electron chi connectivity index (χ4n) is 2.80. The van der Waals surface area contributed by atoms with E-state index in [1.807, 2.05) is 12.3 Å². The Morgan fingerprint density at radius 1 is 1.29 bits per heavy atom. The van der Waals surface area contributed by atoms with Crippen LogP contribution < -0.4 is 5.32 Å². The van der Waals surface area contributed by atoms with Crippen molar-refractivity contribution in [2.24, 2.45) is 11.8 Å². The van der Waals surface area contributed by atoms with Crippen LogP contribution in [0.25, 0.3) is 0 Å². The van der Waals surface area contributed by atoms with Crippen molar-refractivity contribution in [2.45, 2.75) is 45.6 Å². The van der Waals surface area contributed by atoms with E-state index in [9.17, 15) is 0 Å². The third kappa shape index (κ3) is 3.53. The van der Waals surface area contributed by atoms with Gasteiger partial charge in [-0.2, -0.15) is 0 Å². The normalized spacial score (nSPS) is 29.2. The van der Waals surface area contributed by atoms with Crippen molar-refractivity contribution >= 4 is 0 Å². The molecule has 0 amide bonds. The van der Waals surface area contributed by atoms with Crippen LogP contribution in [0.2, 0.25) is 0 Å². The SMILES string of the molecule is CC1CCCC(NCCc2ccccn2)C1C. The maximum atomic E-state index is 4.36. The lowest BCUT2D eigenvalue weighted by molar-refractivity contribution is 0.208. The number of nitrogens with one attached hydrogen (secondary N) is 1. The van der Waals surface area contributed by atoms with Gasteiger partial charge in [0.05, 0.1) is 0 Å². The van der Waals surface area contributed by atoms with Crippen LogP contribution >= 0.6 is 0 Å². The summed E-state index contributed by atoms with van der Waals surface area (Å²) in [5, 5.41) is 3.71. The van der Waals surface area contributed by atoms with Gasteiger partial charge in [-0.05, 0) is 30.4 Å². The lowest BCUT2D eigenvalue weighted by Crippen LogP contribution is -2.41. The van der Waals surface area contributed by atoms with Crippen molar-refractivity contribution in [2.75, 3.05) is 6.54 Å². The molecule has 0 radical (unpaired) electrons. The zero-order chi connectivity index (χ0) is 12.1. The van der Waals surface area contributed by atoms with Gasteiger partial charge < -0.3 is 5.32 Å². The summed E-state index contributed by atoms with van der Waals surface area (Å²) in [5.74, 6) is 1.68. The highest BCUT2D eigenvalue weighted by molar-refractivity contribution is 5.03. The van der Waals surface area contributed by atoms with E-state index in [-0.39, 0.29) is 0 Å². The summed E-state index contributed by atoms with van der Waals surface area (Å²) in [4.78, 5) is 4.36. The molecule has 3 unspecified atom stereocenters. The van der Waals surface area contributed by atoms with Gasteiger partial charge in [-0.1, -0.05) is 32.8 Å². The number of aromatic nitrogens is 1. The number of hydrogen-bond acceptors (Lipinski definition) is 2. The summed E-state index contributed by atoms with van der Waals surface area (Å²) in [6.07, 6.45) is 7.04. The second kappa shape index (κ2) is 6.15. The lowest BCUT2D eigenvalue weighted by Gasteiger charge is -2.34. The molecule has 0 aliphatic heterocycles. The average molecular weight is 232 g/mol. The number of rotatable bonds is 4. The van der Waals surface area contributed by atoms with Crippen LogP contribution in [0.3, 0.4) is 0 Å². The second-order valence-corrected chi connectivity index (χ2v) is 5.40. The van der Waals surface area contributed by atoms with Gasteiger partial charge in [0, 0.05) is 30.9 Å². The molecule has 1 fully saturated rings. The molecule has 1 saturated carbocycles. The van der Waals surface area contributed by atoms with Crippen LogP contribution in [0.1, 0.15) is 38.8 Å². The summed E-state index contributed by atoms with van der Waals surface area (Å²) >= 11 is 0. The molecule has 0 spiro atoms. The van der Waals surface area contributed by atoms with Crippen molar-refractivity contribution in [1.82, 2.24) is 10.3 Å². The van der Waals surface area contributed by atoms with E-state index in [0.29, 0.717) is 6.04 Å². The number of pyridine rings is 1. The van der Waals surface area contributed by atoms with E-state index in [2.05, 4.69) is 36.3 Å². The molecule has 0 saturated heterocycles. The van der Waals surface area contributed by atoms with Gasteiger partial charge in [0.1, 0.15) is 0 Å². The highest BCUT2D eigenvalue weighted by Crippen LogP contribution is 2.29. The van der Waals surface area contributed by atoms with Gasteiger partial charge >= 0.3 is 0 Å². The summed E-state index contributed by atoms with van der Waals surface area (Å²) in [7, 11) is 0. The Hall–Kier alpha value is -0.890. The Morgan fingerprint density at radius 3 is 2.94 bits per heavy atom. The summed E-state index contributed by atoms with van der Waals surface area (Å²) in [6, 6.07) is 6.85. The number of hydrogen-bond donors (Lipinski definition) is 1. The van der Waals surface area contributed by atoms with Crippen molar-refractivity contribution in [3.63, 3.8) is 0 Å². The first kappa shape index (κ1) is 12.6. The fraction of sp³-hybridized carbons (Fsp3) is 0.667. The van der Waals surface area contributed by atoms with Gasteiger partial charge in [-0.25, -0.2) is 0 Å². The van der Waals surface area contributed by atoms with E-state index in [0.717, 1.165) is 24.8 Å². The molecule has 2 heteroatoms. The fourth-order valence-corrected chi connectivity index (χ4v) is 2.80. The molecule has 17 heavy (non-hydrogen) atoms. The largest absolute Gasteiger partial charge is 0.313 e. The van der Waals surface area contributed by atoms with E-state index in [1.54, 1.807) is 0 Å². The molecule has 94 valence electrons. The maximum Gasteiger partial charge on any atom is 0.0416 e. The van der Waals surface area contributed by atoms with Crippen molar-refractivity contribution in [3.8, 4) is 0 Å².